The van der Waals surface area contributed by atoms with Crippen molar-refractivity contribution in [2.75, 3.05) is 37.6 Å². The Kier molecular flexibility index (Phi) is 5.34. The van der Waals surface area contributed by atoms with Gasteiger partial charge in [0.1, 0.15) is 0 Å². The number of rotatable bonds is 5. The van der Waals surface area contributed by atoms with Crippen LogP contribution in [0.1, 0.15) is 39.3 Å². The SMILES string of the molecule is CC(C)(C)c1ccc(N2CCN(CCCC(=O)O)CC2)nn1. The highest BCUT2D eigenvalue weighted by atomic mass is 16.4. The van der Waals surface area contributed by atoms with Crippen LogP contribution in [0.2, 0.25) is 0 Å². The zero-order chi connectivity index (χ0) is 16.2. The third kappa shape index (κ3) is 4.66. The smallest absolute Gasteiger partial charge is 0.303 e. The summed E-state index contributed by atoms with van der Waals surface area (Å²) in [6.45, 7) is 11.0. The quantitative estimate of drug-likeness (QED) is 0.894. The van der Waals surface area contributed by atoms with Crippen LogP contribution in [0.5, 0.6) is 0 Å². The van der Waals surface area contributed by atoms with Gasteiger partial charge >= 0.3 is 5.97 Å². The molecule has 6 nitrogen and oxygen atoms in total. The van der Waals surface area contributed by atoms with E-state index in [1.807, 2.05) is 6.07 Å². The fourth-order valence-electron chi connectivity index (χ4n) is 2.55. The van der Waals surface area contributed by atoms with Crippen LogP contribution < -0.4 is 4.90 Å². The molecule has 1 saturated heterocycles. The van der Waals surface area contributed by atoms with Gasteiger partial charge in [-0.05, 0) is 25.1 Å². The van der Waals surface area contributed by atoms with Gasteiger partial charge < -0.3 is 10.0 Å². The van der Waals surface area contributed by atoms with Gasteiger partial charge in [0, 0.05) is 38.0 Å². The van der Waals surface area contributed by atoms with Crippen LogP contribution >= 0.6 is 0 Å². The number of carboxylic acid groups (broad SMARTS) is 1. The number of carboxylic acids is 1. The lowest BCUT2D eigenvalue weighted by Crippen LogP contribution is -2.47. The Morgan fingerprint density at radius 2 is 1.86 bits per heavy atom. The molecule has 0 saturated carbocycles. The lowest BCUT2D eigenvalue weighted by atomic mass is 9.92. The Bertz CT molecular complexity index is 488. The van der Waals surface area contributed by atoms with Gasteiger partial charge in [0.05, 0.1) is 5.69 Å². The largest absolute Gasteiger partial charge is 0.481 e. The minimum absolute atomic E-state index is 0.0222. The first kappa shape index (κ1) is 16.7. The summed E-state index contributed by atoms with van der Waals surface area (Å²) < 4.78 is 0. The van der Waals surface area contributed by atoms with Gasteiger partial charge in [-0.2, -0.15) is 5.10 Å². The Balaban J connectivity index is 1.82. The maximum absolute atomic E-state index is 10.5. The molecule has 0 aromatic carbocycles. The molecule has 122 valence electrons. The topological polar surface area (TPSA) is 69.6 Å². The van der Waals surface area contributed by atoms with Gasteiger partial charge in [0.2, 0.25) is 0 Å². The van der Waals surface area contributed by atoms with Crippen LogP contribution in [0.3, 0.4) is 0 Å². The molecule has 0 aliphatic carbocycles. The van der Waals surface area contributed by atoms with Crippen molar-refractivity contribution in [3.63, 3.8) is 0 Å². The number of aromatic nitrogens is 2. The molecule has 1 fully saturated rings. The molecule has 0 spiro atoms. The van der Waals surface area contributed by atoms with E-state index in [1.165, 1.54) is 0 Å². The number of anilines is 1. The lowest BCUT2D eigenvalue weighted by Gasteiger charge is -2.35. The number of nitrogens with zero attached hydrogens (tertiary/aromatic N) is 4. The molecular formula is C16H26N4O2. The van der Waals surface area contributed by atoms with Crippen LogP contribution in [-0.4, -0.2) is 58.9 Å². The van der Waals surface area contributed by atoms with Crippen LogP contribution in [0, 0.1) is 0 Å². The van der Waals surface area contributed by atoms with E-state index in [9.17, 15) is 4.79 Å². The molecule has 0 bridgehead atoms. The molecule has 1 aliphatic rings. The van der Waals surface area contributed by atoms with E-state index in [-0.39, 0.29) is 11.8 Å². The molecular weight excluding hydrogens is 280 g/mol. The average molecular weight is 306 g/mol. The molecule has 0 unspecified atom stereocenters. The second kappa shape index (κ2) is 7.05. The first-order chi connectivity index (χ1) is 10.4. The molecule has 0 radical (unpaired) electrons. The summed E-state index contributed by atoms with van der Waals surface area (Å²) in [6, 6.07) is 4.11. The van der Waals surface area contributed by atoms with E-state index in [4.69, 9.17) is 5.11 Å². The second-order valence-corrected chi connectivity index (χ2v) is 6.85. The second-order valence-electron chi connectivity index (χ2n) is 6.85. The normalized spacial score (nSPS) is 16.8. The Morgan fingerprint density at radius 1 is 1.18 bits per heavy atom. The Labute approximate surface area is 132 Å². The fourth-order valence-corrected chi connectivity index (χ4v) is 2.55. The van der Waals surface area contributed by atoms with Gasteiger partial charge in [-0.3, -0.25) is 9.69 Å². The summed E-state index contributed by atoms with van der Waals surface area (Å²) in [6.07, 6.45) is 0.968. The van der Waals surface area contributed by atoms with Gasteiger partial charge in [0.15, 0.2) is 5.82 Å². The van der Waals surface area contributed by atoms with Crippen molar-refractivity contribution >= 4 is 11.8 Å². The van der Waals surface area contributed by atoms with E-state index in [0.29, 0.717) is 0 Å². The molecule has 0 atom stereocenters. The fraction of sp³-hybridized carbons (Fsp3) is 0.688. The Morgan fingerprint density at radius 3 is 2.36 bits per heavy atom. The third-order valence-corrected chi connectivity index (χ3v) is 3.98. The van der Waals surface area contributed by atoms with Crippen molar-refractivity contribution in [3.8, 4) is 0 Å². The highest BCUT2D eigenvalue weighted by molar-refractivity contribution is 5.66. The number of hydrogen-bond donors (Lipinski definition) is 1. The first-order valence-electron chi connectivity index (χ1n) is 7.89. The molecule has 1 aliphatic heterocycles. The zero-order valence-electron chi connectivity index (χ0n) is 13.7. The van der Waals surface area contributed by atoms with Crippen LogP contribution in [-0.2, 0) is 10.2 Å². The molecule has 0 amide bonds. The van der Waals surface area contributed by atoms with Gasteiger partial charge in [0.25, 0.3) is 0 Å². The number of aliphatic carboxylic acids is 1. The van der Waals surface area contributed by atoms with Crippen molar-refractivity contribution in [2.45, 2.75) is 39.0 Å². The highest BCUT2D eigenvalue weighted by Crippen LogP contribution is 2.21. The summed E-state index contributed by atoms with van der Waals surface area (Å²) in [4.78, 5) is 15.1. The number of hydrogen-bond acceptors (Lipinski definition) is 5. The average Bonchev–Trinajstić information content (AvgIpc) is 2.47. The summed E-state index contributed by atoms with van der Waals surface area (Å²) in [5.41, 5.74) is 1.03. The van der Waals surface area contributed by atoms with Crippen molar-refractivity contribution in [2.24, 2.45) is 0 Å². The van der Waals surface area contributed by atoms with Crippen molar-refractivity contribution in [1.29, 1.82) is 0 Å². The van der Waals surface area contributed by atoms with Gasteiger partial charge in [-0.25, -0.2) is 0 Å². The summed E-state index contributed by atoms with van der Waals surface area (Å²) in [7, 11) is 0. The summed E-state index contributed by atoms with van der Waals surface area (Å²) in [5, 5.41) is 17.4. The zero-order valence-corrected chi connectivity index (χ0v) is 13.7. The summed E-state index contributed by atoms with van der Waals surface area (Å²) in [5.74, 6) is 0.214. The van der Waals surface area contributed by atoms with Crippen molar-refractivity contribution in [3.05, 3.63) is 17.8 Å². The van der Waals surface area contributed by atoms with E-state index in [2.05, 4.69) is 46.8 Å². The predicted octanol–water partition coefficient (Wildman–Crippen LogP) is 1.76. The predicted molar refractivity (Wildman–Crippen MR) is 86.3 cm³/mol. The van der Waals surface area contributed by atoms with E-state index in [1.54, 1.807) is 0 Å². The Hall–Kier alpha value is -1.69. The van der Waals surface area contributed by atoms with Crippen LogP contribution in [0.4, 0.5) is 5.82 Å². The van der Waals surface area contributed by atoms with Gasteiger partial charge in [-0.1, -0.05) is 20.8 Å². The first-order valence-corrected chi connectivity index (χ1v) is 7.89. The van der Waals surface area contributed by atoms with Gasteiger partial charge in [-0.15, -0.1) is 5.10 Å². The summed E-state index contributed by atoms with van der Waals surface area (Å²) >= 11 is 0. The minimum atomic E-state index is -0.715. The molecule has 22 heavy (non-hydrogen) atoms. The third-order valence-electron chi connectivity index (χ3n) is 3.98. The molecule has 2 rings (SSSR count). The highest BCUT2D eigenvalue weighted by Gasteiger charge is 2.20. The molecule has 6 heteroatoms. The standard InChI is InChI=1S/C16H26N4O2/c1-16(2,3)13-6-7-14(18-17-13)20-11-9-19(10-12-20)8-4-5-15(21)22/h6-7H,4-5,8-12H2,1-3H3,(H,21,22). The van der Waals surface area contributed by atoms with Crippen molar-refractivity contribution < 1.29 is 9.90 Å². The molecule has 1 N–H and O–H groups in total. The maximum Gasteiger partial charge on any atom is 0.303 e. The van der Waals surface area contributed by atoms with Crippen molar-refractivity contribution in [1.82, 2.24) is 15.1 Å². The van der Waals surface area contributed by atoms with E-state index in [0.717, 1.165) is 50.7 Å². The molecule has 2 heterocycles. The van der Waals surface area contributed by atoms with E-state index < -0.39 is 5.97 Å². The maximum atomic E-state index is 10.5. The number of carbonyl (C=O) groups is 1. The number of piperazine rings is 1. The van der Waals surface area contributed by atoms with Crippen LogP contribution in [0.25, 0.3) is 0 Å². The molecule has 1 aromatic rings. The van der Waals surface area contributed by atoms with E-state index >= 15 is 0 Å². The molecule has 1 aromatic heterocycles. The minimum Gasteiger partial charge on any atom is -0.481 e. The monoisotopic (exact) mass is 306 g/mol. The lowest BCUT2D eigenvalue weighted by molar-refractivity contribution is -0.137. The van der Waals surface area contributed by atoms with Crippen LogP contribution in [0.15, 0.2) is 12.1 Å².